The minimum Gasteiger partial charge on any atom is -0.465 e. The number of aromatic nitrogens is 1. The number of nitrogens with one attached hydrogen (secondary N) is 2. The Morgan fingerprint density at radius 1 is 1.18 bits per heavy atom. The summed E-state index contributed by atoms with van der Waals surface area (Å²) in [6.07, 6.45) is -1.67. The molecular weight excluding hydrogens is 457 g/mol. The van der Waals surface area contributed by atoms with Gasteiger partial charge in [-0.05, 0) is 42.1 Å². The minimum atomic E-state index is -2.48. The number of anilines is 1. The lowest BCUT2D eigenvalue weighted by Gasteiger charge is -2.29. The molecule has 1 aromatic heterocycles. The molecule has 2 aromatic carbocycles. The molecule has 10 heteroatoms. The molecule has 0 aliphatic rings. The van der Waals surface area contributed by atoms with Crippen molar-refractivity contribution in [2.24, 2.45) is 0 Å². The summed E-state index contributed by atoms with van der Waals surface area (Å²) >= 11 is 6.11. The maximum atomic E-state index is 13.9. The zero-order valence-electron chi connectivity index (χ0n) is 17.9. The zero-order valence-corrected chi connectivity index (χ0v) is 18.6. The van der Waals surface area contributed by atoms with E-state index in [1.165, 1.54) is 6.07 Å². The summed E-state index contributed by atoms with van der Waals surface area (Å²) in [5, 5.41) is 15.7. The fraction of sp³-hybridized carbons (Fsp3) is 0.304. The highest BCUT2D eigenvalue weighted by atomic mass is 35.5. The molecule has 0 radical (unpaired) electrons. The van der Waals surface area contributed by atoms with Crippen molar-refractivity contribution in [1.82, 2.24) is 15.2 Å². The van der Waals surface area contributed by atoms with Gasteiger partial charge in [0.1, 0.15) is 11.6 Å². The molecule has 0 fully saturated rings. The van der Waals surface area contributed by atoms with Crippen molar-refractivity contribution in [2.75, 3.05) is 25.5 Å². The Kier molecular flexibility index (Phi) is 8.49. The van der Waals surface area contributed by atoms with E-state index in [1.807, 2.05) is 30.1 Å². The number of pyridine rings is 1. The molecule has 33 heavy (non-hydrogen) atoms. The number of fused-ring (bicyclic) bond motifs is 1. The van der Waals surface area contributed by atoms with Crippen LogP contribution in [0.2, 0.25) is 5.02 Å². The molecule has 1 atom stereocenters. The maximum Gasteiger partial charge on any atom is 0.410 e. The number of amides is 1. The predicted molar refractivity (Wildman–Crippen MR) is 123 cm³/mol. The molecule has 0 aliphatic heterocycles. The summed E-state index contributed by atoms with van der Waals surface area (Å²) in [5.41, 5.74) is 1.48. The molecule has 3 aromatic rings. The number of carboxylic acid groups (broad SMARTS) is 1. The van der Waals surface area contributed by atoms with Crippen LogP contribution in [0.15, 0.2) is 48.7 Å². The van der Waals surface area contributed by atoms with Gasteiger partial charge < -0.3 is 10.4 Å². The third-order valence-corrected chi connectivity index (χ3v) is 5.72. The van der Waals surface area contributed by atoms with Crippen LogP contribution in [0.4, 0.5) is 23.8 Å². The Hall–Kier alpha value is -2.88. The van der Waals surface area contributed by atoms with Gasteiger partial charge in [-0.1, -0.05) is 41.9 Å². The minimum absolute atomic E-state index is 0.0317. The van der Waals surface area contributed by atoms with Gasteiger partial charge in [0.2, 0.25) is 0 Å². The van der Waals surface area contributed by atoms with Gasteiger partial charge in [0.15, 0.2) is 0 Å². The van der Waals surface area contributed by atoms with Crippen LogP contribution >= 0.6 is 11.6 Å². The first kappa shape index (κ1) is 24.8. The van der Waals surface area contributed by atoms with Gasteiger partial charge in [-0.3, -0.25) is 10.2 Å². The van der Waals surface area contributed by atoms with Gasteiger partial charge in [-0.25, -0.2) is 22.9 Å². The first-order valence-corrected chi connectivity index (χ1v) is 10.6. The van der Waals surface area contributed by atoms with Crippen LogP contribution in [0, 0.1) is 5.82 Å². The lowest BCUT2D eigenvalue weighted by molar-refractivity contribution is 0.139. The standard InChI is InChI=1S/C23H24ClF3N4O2/c1-31(13-16-6-3-7-19(25)22(16)24)17(11-28-12-20(26)27)8-14-4-2-5-15-10-29-21(9-18(14)15)30-23(32)33/h2-7,9-10,17,20,28H,8,11-13H2,1H3,(H,29,30)(H,32,33). The van der Waals surface area contributed by atoms with E-state index in [0.29, 0.717) is 18.5 Å². The van der Waals surface area contributed by atoms with Gasteiger partial charge in [0, 0.05) is 30.7 Å². The highest BCUT2D eigenvalue weighted by molar-refractivity contribution is 6.31. The molecule has 1 unspecified atom stereocenters. The number of hydrogen-bond acceptors (Lipinski definition) is 4. The summed E-state index contributed by atoms with van der Waals surface area (Å²) in [4.78, 5) is 17.0. The number of rotatable bonds is 10. The number of halogens is 4. The molecule has 0 saturated carbocycles. The molecule has 3 N–H and O–H groups in total. The van der Waals surface area contributed by atoms with Gasteiger partial charge >= 0.3 is 6.09 Å². The summed E-state index contributed by atoms with van der Waals surface area (Å²) in [6.45, 7) is 0.127. The lowest BCUT2D eigenvalue weighted by atomic mass is 9.98. The highest BCUT2D eigenvalue weighted by Crippen LogP contribution is 2.25. The van der Waals surface area contributed by atoms with Crippen molar-refractivity contribution in [3.05, 3.63) is 70.6 Å². The highest BCUT2D eigenvalue weighted by Gasteiger charge is 2.19. The number of benzene rings is 2. The average Bonchev–Trinajstić information content (AvgIpc) is 2.75. The Bertz CT molecular complexity index is 1120. The Labute approximate surface area is 194 Å². The van der Waals surface area contributed by atoms with Gasteiger partial charge in [0.05, 0.1) is 11.6 Å². The van der Waals surface area contributed by atoms with Crippen LogP contribution < -0.4 is 10.6 Å². The zero-order chi connectivity index (χ0) is 24.0. The largest absolute Gasteiger partial charge is 0.465 e. The van der Waals surface area contributed by atoms with Gasteiger partial charge in [-0.2, -0.15) is 0 Å². The monoisotopic (exact) mass is 480 g/mol. The van der Waals surface area contributed by atoms with Crippen molar-refractivity contribution < 1.29 is 23.1 Å². The topological polar surface area (TPSA) is 77.5 Å². The lowest BCUT2D eigenvalue weighted by Crippen LogP contribution is -2.42. The second-order valence-electron chi connectivity index (χ2n) is 7.67. The molecule has 1 amide bonds. The van der Waals surface area contributed by atoms with Gasteiger partial charge in [0.25, 0.3) is 6.43 Å². The first-order chi connectivity index (χ1) is 15.7. The smallest absolute Gasteiger partial charge is 0.410 e. The average molecular weight is 481 g/mol. The van der Waals surface area contributed by atoms with E-state index in [-0.39, 0.29) is 23.4 Å². The number of nitrogens with zero attached hydrogens (tertiary/aromatic N) is 2. The Morgan fingerprint density at radius 3 is 2.64 bits per heavy atom. The van der Waals surface area contributed by atoms with Crippen LogP contribution in [-0.4, -0.2) is 53.7 Å². The Balaban J connectivity index is 1.88. The summed E-state index contributed by atoms with van der Waals surface area (Å²) in [6, 6.07) is 11.6. The van der Waals surface area contributed by atoms with Crippen LogP contribution in [0.25, 0.3) is 10.8 Å². The molecule has 0 spiro atoms. The maximum absolute atomic E-state index is 13.9. The SMILES string of the molecule is CN(Cc1cccc(F)c1Cl)C(CNCC(F)F)Cc1cccc2cnc(NC(=O)O)cc12. The molecule has 176 valence electrons. The summed E-state index contributed by atoms with van der Waals surface area (Å²) < 4.78 is 39.3. The number of carbonyl (C=O) groups is 1. The molecule has 1 heterocycles. The summed E-state index contributed by atoms with van der Waals surface area (Å²) in [5.74, 6) is -0.329. The molecular formula is C23H24ClF3N4O2. The third-order valence-electron chi connectivity index (χ3n) is 5.30. The second-order valence-corrected chi connectivity index (χ2v) is 8.05. The van der Waals surface area contributed by atoms with Gasteiger partial charge in [-0.15, -0.1) is 0 Å². The van der Waals surface area contributed by atoms with Crippen molar-refractivity contribution in [3.8, 4) is 0 Å². The van der Waals surface area contributed by atoms with Crippen molar-refractivity contribution in [1.29, 1.82) is 0 Å². The summed E-state index contributed by atoms with van der Waals surface area (Å²) in [7, 11) is 1.82. The quantitative estimate of drug-likeness (QED) is 0.380. The predicted octanol–water partition coefficient (Wildman–Crippen LogP) is 5.02. The van der Waals surface area contributed by atoms with Crippen LogP contribution in [-0.2, 0) is 13.0 Å². The molecule has 3 rings (SSSR count). The van der Waals surface area contributed by atoms with Crippen LogP contribution in [0.3, 0.4) is 0 Å². The van der Waals surface area contributed by atoms with E-state index in [1.54, 1.807) is 24.4 Å². The number of alkyl halides is 2. The second kappa shape index (κ2) is 11.3. The number of likely N-dealkylation sites (N-methyl/N-ethyl adjacent to an activating group) is 1. The van der Waals surface area contributed by atoms with E-state index >= 15 is 0 Å². The van der Waals surface area contributed by atoms with E-state index in [9.17, 15) is 18.0 Å². The van der Waals surface area contributed by atoms with E-state index in [0.717, 1.165) is 16.3 Å². The van der Waals surface area contributed by atoms with Crippen LogP contribution in [0.5, 0.6) is 0 Å². The van der Waals surface area contributed by atoms with Crippen LogP contribution in [0.1, 0.15) is 11.1 Å². The van der Waals surface area contributed by atoms with E-state index in [2.05, 4.69) is 15.6 Å². The fourth-order valence-electron chi connectivity index (χ4n) is 3.66. The molecule has 0 aliphatic carbocycles. The van der Waals surface area contributed by atoms with Crippen molar-refractivity contribution >= 4 is 34.3 Å². The van der Waals surface area contributed by atoms with Crippen molar-refractivity contribution in [3.63, 3.8) is 0 Å². The molecule has 6 nitrogen and oxygen atoms in total. The third kappa shape index (κ3) is 6.80. The molecule has 0 saturated heterocycles. The van der Waals surface area contributed by atoms with E-state index in [4.69, 9.17) is 16.7 Å². The fourth-order valence-corrected chi connectivity index (χ4v) is 3.84. The number of hydrogen-bond donors (Lipinski definition) is 3. The van der Waals surface area contributed by atoms with Crippen molar-refractivity contribution in [2.45, 2.75) is 25.4 Å². The normalized spacial score (nSPS) is 12.5. The van der Waals surface area contributed by atoms with E-state index < -0.39 is 24.9 Å². The Morgan fingerprint density at radius 2 is 1.91 bits per heavy atom. The molecule has 0 bridgehead atoms. The first-order valence-electron chi connectivity index (χ1n) is 10.2.